The molecule has 11 nitrogen and oxygen atoms in total. The molecule has 1 aliphatic rings. The summed E-state index contributed by atoms with van der Waals surface area (Å²) < 4.78 is 2.14. The molecule has 3 aromatic carbocycles. The van der Waals surface area contributed by atoms with Crippen molar-refractivity contribution in [2.24, 2.45) is 0 Å². The number of hydrogen-bond donors (Lipinski definition) is 0. The molecule has 0 radical (unpaired) electrons. The number of rotatable bonds is 9. The number of benzene rings is 3. The van der Waals surface area contributed by atoms with Crippen LogP contribution in [0, 0.1) is 24.0 Å². The van der Waals surface area contributed by atoms with Crippen molar-refractivity contribution in [1.82, 2.24) is 29.5 Å². The molecule has 1 unspecified atom stereocenters. The van der Waals surface area contributed by atoms with E-state index in [9.17, 15) is 19.7 Å². The number of nitro groups is 1. The Balaban J connectivity index is 1.07. The van der Waals surface area contributed by atoms with E-state index >= 15 is 0 Å². The molecule has 242 valence electrons. The van der Waals surface area contributed by atoms with Gasteiger partial charge in [0.25, 0.3) is 11.6 Å². The van der Waals surface area contributed by atoms with Gasteiger partial charge in [-0.3, -0.25) is 19.7 Å². The van der Waals surface area contributed by atoms with Crippen molar-refractivity contribution in [2.75, 3.05) is 25.4 Å². The molecule has 2 amide bonds. The van der Waals surface area contributed by atoms with Crippen LogP contribution in [0.3, 0.4) is 0 Å². The number of carbonyl (C=O) groups is 2. The van der Waals surface area contributed by atoms with Gasteiger partial charge in [-0.15, -0.1) is 10.2 Å². The van der Waals surface area contributed by atoms with E-state index < -0.39 is 4.92 Å². The van der Waals surface area contributed by atoms with Gasteiger partial charge >= 0.3 is 0 Å². The number of halogens is 1. The topological polar surface area (TPSA) is 127 Å². The van der Waals surface area contributed by atoms with Crippen molar-refractivity contribution in [3.8, 4) is 0 Å². The average molecular weight is 672 g/mol. The summed E-state index contributed by atoms with van der Waals surface area (Å²) in [4.78, 5) is 45.5. The molecular formula is C34H34ClN7O4S. The van der Waals surface area contributed by atoms with E-state index in [1.807, 2.05) is 38.1 Å². The van der Waals surface area contributed by atoms with Gasteiger partial charge in [-0.25, -0.2) is 4.98 Å². The molecular weight excluding hydrogens is 638 g/mol. The second-order valence-corrected chi connectivity index (χ2v) is 13.4. The maximum atomic E-state index is 13.2. The summed E-state index contributed by atoms with van der Waals surface area (Å²) in [6.07, 6.45) is 0.998. The Hall–Kier alpha value is -4.55. The van der Waals surface area contributed by atoms with E-state index in [0.717, 1.165) is 33.2 Å². The highest BCUT2D eigenvalue weighted by atomic mass is 35.5. The molecule has 13 heteroatoms. The van der Waals surface area contributed by atoms with Gasteiger partial charge in [-0.05, 0) is 63.1 Å². The summed E-state index contributed by atoms with van der Waals surface area (Å²) >= 11 is 7.74. The van der Waals surface area contributed by atoms with Gasteiger partial charge < -0.3 is 14.4 Å². The molecule has 0 saturated carbocycles. The predicted octanol–water partition coefficient (Wildman–Crippen LogP) is 6.45. The van der Waals surface area contributed by atoms with Crippen LogP contribution in [0.15, 0.2) is 65.8 Å². The average Bonchev–Trinajstić information content (AvgIpc) is 3.34. The van der Waals surface area contributed by atoms with Crippen LogP contribution < -0.4 is 0 Å². The lowest BCUT2D eigenvalue weighted by atomic mass is 10.1. The molecule has 47 heavy (non-hydrogen) atoms. The summed E-state index contributed by atoms with van der Waals surface area (Å²) in [6.45, 7) is 7.36. The fourth-order valence-corrected chi connectivity index (χ4v) is 6.96. The number of carbonyl (C=O) groups excluding carboxylic acids is 2. The van der Waals surface area contributed by atoms with Gasteiger partial charge in [0.15, 0.2) is 5.65 Å². The zero-order chi connectivity index (χ0) is 33.2. The molecule has 2 aromatic heterocycles. The van der Waals surface area contributed by atoms with E-state index in [4.69, 9.17) is 16.6 Å². The van der Waals surface area contributed by atoms with Crippen LogP contribution in [0.5, 0.6) is 0 Å². The molecule has 3 heterocycles. The molecule has 0 bridgehead atoms. The van der Waals surface area contributed by atoms with Crippen LogP contribution in [0.25, 0.3) is 22.1 Å². The summed E-state index contributed by atoms with van der Waals surface area (Å²) in [5.41, 5.74) is 5.41. The number of aryl methyl sites for hydroxylation is 2. The van der Waals surface area contributed by atoms with Gasteiger partial charge in [-0.2, -0.15) is 0 Å². The normalized spacial score (nSPS) is 15.0. The smallest absolute Gasteiger partial charge is 0.273 e. The Morgan fingerprint density at radius 2 is 1.89 bits per heavy atom. The van der Waals surface area contributed by atoms with Crippen molar-refractivity contribution >= 4 is 62.9 Å². The predicted molar refractivity (Wildman–Crippen MR) is 183 cm³/mol. The van der Waals surface area contributed by atoms with E-state index in [-0.39, 0.29) is 29.1 Å². The minimum atomic E-state index is -0.478. The molecule has 1 aliphatic heterocycles. The maximum absolute atomic E-state index is 13.2. The summed E-state index contributed by atoms with van der Waals surface area (Å²) in [7, 11) is 0. The van der Waals surface area contributed by atoms with Gasteiger partial charge in [0.05, 0.1) is 10.4 Å². The lowest BCUT2D eigenvalue weighted by Crippen LogP contribution is -2.55. The van der Waals surface area contributed by atoms with Crippen molar-refractivity contribution in [3.05, 3.63) is 98.1 Å². The highest BCUT2D eigenvalue weighted by Gasteiger charge is 2.31. The van der Waals surface area contributed by atoms with E-state index in [2.05, 4.69) is 33.0 Å². The number of hydrogen-bond acceptors (Lipinski definition) is 8. The Morgan fingerprint density at radius 3 is 2.66 bits per heavy atom. The zero-order valence-electron chi connectivity index (χ0n) is 26.4. The van der Waals surface area contributed by atoms with Crippen LogP contribution in [0.2, 0.25) is 5.02 Å². The van der Waals surface area contributed by atoms with E-state index in [1.165, 1.54) is 17.8 Å². The summed E-state index contributed by atoms with van der Waals surface area (Å²) in [6, 6.07) is 18.4. The maximum Gasteiger partial charge on any atom is 0.273 e. The molecule has 1 saturated heterocycles. The number of thioether (sulfide) groups is 1. The number of piperazine rings is 1. The number of fused-ring (bicyclic) bond motifs is 3. The highest BCUT2D eigenvalue weighted by molar-refractivity contribution is 7.99. The second kappa shape index (κ2) is 13.7. The molecule has 5 aromatic rings. The van der Waals surface area contributed by atoms with Crippen LogP contribution in [0.1, 0.15) is 46.8 Å². The van der Waals surface area contributed by atoms with Crippen molar-refractivity contribution in [1.29, 1.82) is 0 Å². The third-order valence-electron chi connectivity index (χ3n) is 8.49. The lowest BCUT2D eigenvalue weighted by Gasteiger charge is -2.40. The minimum Gasteiger partial charge on any atom is -0.339 e. The molecule has 1 atom stereocenters. The van der Waals surface area contributed by atoms with Crippen molar-refractivity contribution in [2.45, 2.75) is 51.4 Å². The fraction of sp³-hybridized carbons (Fsp3) is 0.324. The Bertz CT molecular complexity index is 2020. The van der Waals surface area contributed by atoms with Crippen LogP contribution in [-0.2, 0) is 11.3 Å². The summed E-state index contributed by atoms with van der Waals surface area (Å²) in [5, 5.41) is 22.5. The minimum absolute atomic E-state index is 0.0297. The standard InChI is InChI=1S/C34H34ClN7O4S/c1-21-9-12-28-27(16-21)31-32(41(28)20-24-6-4-7-26(35)17-24)36-34(38-37-31)47-15-5-8-30(43)39-13-14-40(23(3)19-39)33(44)25-11-10-22(2)29(18-25)42(45)46/h4,6-7,9-12,16-18,23H,5,8,13-15,19-20H2,1-3H3. The van der Waals surface area contributed by atoms with Gasteiger partial charge in [0.2, 0.25) is 11.1 Å². The van der Waals surface area contributed by atoms with Gasteiger partial charge in [-0.1, -0.05) is 53.2 Å². The largest absolute Gasteiger partial charge is 0.339 e. The van der Waals surface area contributed by atoms with Gasteiger partial charge in [0.1, 0.15) is 5.52 Å². The Morgan fingerprint density at radius 1 is 1.06 bits per heavy atom. The third kappa shape index (κ3) is 6.93. The highest BCUT2D eigenvalue weighted by Crippen LogP contribution is 2.30. The SMILES string of the molecule is Cc1ccc2c(c1)c1nnc(SCCCC(=O)N3CCN(C(=O)c4ccc(C)c([N+](=O)[O-])c4)C(C)C3)nc1n2Cc1cccc(Cl)c1. The molecule has 6 rings (SSSR count). The number of aromatic nitrogens is 4. The molecule has 1 fully saturated rings. The van der Waals surface area contributed by atoms with E-state index in [0.29, 0.717) is 60.5 Å². The number of nitrogens with zero attached hydrogens (tertiary/aromatic N) is 7. The quantitative estimate of drug-likeness (QED) is 0.0757. The first-order chi connectivity index (χ1) is 22.6. The number of nitro benzene ring substituents is 1. The molecule has 0 aliphatic carbocycles. The van der Waals surface area contributed by atoms with E-state index in [1.54, 1.807) is 28.9 Å². The summed E-state index contributed by atoms with van der Waals surface area (Å²) in [5.74, 6) is 0.408. The van der Waals surface area contributed by atoms with Crippen LogP contribution >= 0.6 is 23.4 Å². The first kappa shape index (κ1) is 32.4. The molecule has 0 spiro atoms. The van der Waals surface area contributed by atoms with Crippen molar-refractivity contribution in [3.63, 3.8) is 0 Å². The molecule has 0 N–H and O–H groups in total. The number of amides is 2. The first-order valence-electron chi connectivity index (χ1n) is 15.4. The third-order valence-corrected chi connectivity index (χ3v) is 9.65. The zero-order valence-corrected chi connectivity index (χ0v) is 27.9. The Labute approximate surface area is 281 Å². The Kier molecular flexibility index (Phi) is 9.42. The lowest BCUT2D eigenvalue weighted by molar-refractivity contribution is -0.385. The fourth-order valence-electron chi connectivity index (χ4n) is 6.03. The van der Waals surface area contributed by atoms with Crippen LogP contribution in [-0.4, -0.2) is 77.7 Å². The van der Waals surface area contributed by atoms with Crippen molar-refractivity contribution < 1.29 is 14.5 Å². The second-order valence-electron chi connectivity index (χ2n) is 11.9. The first-order valence-corrected chi connectivity index (χ1v) is 16.8. The van der Waals surface area contributed by atoms with Crippen LogP contribution in [0.4, 0.5) is 5.69 Å². The van der Waals surface area contributed by atoms with Gasteiger partial charge in [0, 0.05) is 72.0 Å². The monoisotopic (exact) mass is 671 g/mol.